The van der Waals surface area contributed by atoms with Crippen LogP contribution in [0.15, 0.2) is 48.8 Å². The largest absolute Gasteiger partial charge is 0.377 e. The second-order valence-electron chi connectivity index (χ2n) is 3.70. The van der Waals surface area contributed by atoms with E-state index in [1.807, 2.05) is 53.4 Å². The average Bonchev–Trinajstić information content (AvgIpc) is 2.83. The van der Waals surface area contributed by atoms with E-state index < -0.39 is 0 Å². The lowest BCUT2D eigenvalue weighted by Gasteiger charge is -2.06. The van der Waals surface area contributed by atoms with Crippen molar-refractivity contribution in [2.75, 3.05) is 6.73 Å². The number of rotatable bonds is 4. The molecule has 4 heteroatoms. The number of aliphatic hydroxyl groups excluding tert-OH is 1. The van der Waals surface area contributed by atoms with E-state index in [1.54, 1.807) is 0 Å². The van der Waals surface area contributed by atoms with Crippen molar-refractivity contribution in [3.05, 3.63) is 54.4 Å². The van der Waals surface area contributed by atoms with Crippen molar-refractivity contribution in [1.82, 2.24) is 9.88 Å². The van der Waals surface area contributed by atoms with E-state index in [0.29, 0.717) is 0 Å². The van der Waals surface area contributed by atoms with Gasteiger partial charge in [-0.3, -0.25) is 4.79 Å². The summed E-state index contributed by atoms with van der Waals surface area (Å²) in [5.41, 5.74) is 1.94. The van der Waals surface area contributed by atoms with Crippen LogP contribution < -0.4 is 5.32 Å². The number of hydrogen-bond donors (Lipinski definition) is 2. The number of nitrogens with one attached hydrogen (secondary N) is 1. The first-order valence-corrected chi connectivity index (χ1v) is 5.39. The molecule has 1 amide bonds. The second-order valence-corrected chi connectivity index (χ2v) is 3.70. The highest BCUT2D eigenvalue weighted by Gasteiger charge is 2.03. The minimum atomic E-state index is -0.323. The lowest BCUT2D eigenvalue weighted by Crippen LogP contribution is -2.25. The molecule has 0 aliphatic carbocycles. The van der Waals surface area contributed by atoms with Crippen molar-refractivity contribution in [2.24, 2.45) is 0 Å². The van der Waals surface area contributed by atoms with Gasteiger partial charge in [0, 0.05) is 18.1 Å². The van der Waals surface area contributed by atoms with Crippen LogP contribution >= 0.6 is 0 Å². The summed E-state index contributed by atoms with van der Waals surface area (Å²) in [6.45, 7) is -0.323. The molecular weight excluding hydrogens is 216 g/mol. The summed E-state index contributed by atoms with van der Waals surface area (Å²) in [5, 5.41) is 10.9. The molecular formula is C13H14N2O2. The maximum Gasteiger partial charge on any atom is 0.226 e. The zero-order chi connectivity index (χ0) is 12.1. The Hall–Kier alpha value is -2.07. The highest BCUT2D eigenvalue weighted by Crippen LogP contribution is 2.11. The number of nitrogens with zero attached hydrogens (tertiary/aromatic N) is 1. The quantitative estimate of drug-likeness (QED) is 0.772. The molecule has 0 saturated carbocycles. The Labute approximate surface area is 99.5 Å². The van der Waals surface area contributed by atoms with Crippen molar-refractivity contribution in [1.29, 1.82) is 0 Å². The van der Waals surface area contributed by atoms with Gasteiger partial charge in [0.2, 0.25) is 5.91 Å². The van der Waals surface area contributed by atoms with E-state index in [1.165, 1.54) is 0 Å². The van der Waals surface area contributed by atoms with Gasteiger partial charge in [0.1, 0.15) is 6.73 Å². The number of amides is 1. The predicted octanol–water partition coefficient (Wildman–Crippen LogP) is 1.09. The number of hydrogen-bond acceptors (Lipinski definition) is 2. The van der Waals surface area contributed by atoms with Crippen LogP contribution in [0.4, 0.5) is 0 Å². The molecule has 1 heterocycles. The standard InChI is InChI=1S/C13H14N2O2/c16-10-14-13(17)9-11-4-3-5-12(8-11)15-6-1-2-7-15/h1-8,16H,9-10H2,(H,14,17). The average molecular weight is 230 g/mol. The van der Waals surface area contributed by atoms with E-state index in [4.69, 9.17) is 5.11 Å². The van der Waals surface area contributed by atoms with Gasteiger partial charge in [-0.15, -0.1) is 0 Å². The lowest BCUT2D eigenvalue weighted by molar-refractivity contribution is -0.121. The normalized spacial score (nSPS) is 10.2. The molecule has 0 aliphatic heterocycles. The molecule has 0 aliphatic rings. The van der Waals surface area contributed by atoms with Crippen LogP contribution in [-0.2, 0) is 11.2 Å². The van der Waals surface area contributed by atoms with Gasteiger partial charge in [0.05, 0.1) is 6.42 Å². The smallest absolute Gasteiger partial charge is 0.226 e. The van der Waals surface area contributed by atoms with Crippen LogP contribution in [0.3, 0.4) is 0 Å². The highest BCUT2D eigenvalue weighted by molar-refractivity contribution is 5.78. The fraction of sp³-hybridized carbons (Fsp3) is 0.154. The molecule has 0 spiro atoms. The Morgan fingerprint density at radius 1 is 1.24 bits per heavy atom. The SMILES string of the molecule is O=C(Cc1cccc(-n2cccc2)c1)NCO. The number of benzene rings is 1. The molecule has 0 atom stereocenters. The molecule has 2 rings (SSSR count). The summed E-state index contributed by atoms with van der Waals surface area (Å²) in [5.74, 6) is -0.183. The van der Waals surface area contributed by atoms with Gasteiger partial charge in [-0.25, -0.2) is 0 Å². The fourth-order valence-corrected chi connectivity index (χ4v) is 1.67. The third-order valence-electron chi connectivity index (χ3n) is 2.45. The summed E-state index contributed by atoms with van der Waals surface area (Å²) >= 11 is 0. The van der Waals surface area contributed by atoms with Gasteiger partial charge in [-0.2, -0.15) is 0 Å². The van der Waals surface area contributed by atoms with Crippen LogP contribution in [0.2, 0.25) is 0 Å². The molecule has 17 heavy (non-hydrogen) atoms. The van der Waals surface area contributed by atoms with Gasteiger partial charge in [-0.1, -0.05) is 12.1 Å². The number of aliphatic hydroxyl groups is 1. The van der Waals surface area contributed by atoms with Crippen molar-refractivity contribution in [3.63, 3.8) is 0 Å². The van der Waals surface area contributed by atoms with Crippen LogP contribution in [0.25, 0.3) is 5.69 Å². The Bertz CT molecular complexity index is 492. The third-order valence-corrected chi connectivity index (χ3v) is 2.45. The zero-order valence-corrected chi connectivity index (χ0v) is 9.34. The van der Waals surface area contributed by atoms with Gasteiger partial charge in [0.25, 0.3) is 0 Å². The first-order valence-electron chi connectivity index (χ1n) is 5.39. The van der Waals surface area contributed by atoms with Gasteiger partial charge >= 0.3 is 0 Å². The Morgan fingerprint density at radius 2 is 2.00 bits per heavy atom. The molecule has 1 aromatic heterocycles. The first kappa shape index (κ1) is 11.4. The van der Waals surface area contributed by atoms with Gasteiger partial charge in [0.15, 0.2) is 0 Å². The van der Waals surface area contributed by atoms with Crippen LogP contribution in [0, 0.1) is 0 Å². The van der Waals surface area contributed by atoms with Gasteiger partial charge < -0.3 is 15.0 Å². The summed E-state index contributed by atoms with van der Waals surface area (Å²) in [7, 11) is 0. The summed E-state index contributed by atoms with van der Waals surface area (Å²) in [6.07, 6.45) is 4.18. The number of carbonyl (C=O) groups excluding carboxylic acids is 1. The van der Waals surface area contributed by atoms with Crippen molar-refractivity contribution in [3.8, 4) is 5.69 Å². The van der Waals surface area contributed by atoms with E-state index in [2.05, 4.69) is 5.32 Å². The maximum absolute atomic E-state index is 11.3. The molecule has 0 bridgehead atoms. The number of carbonyl (C=O) groups is 1. The molecule has 0 saturated heterocycles. The Kier molecular flexibility index (Phi) is 3.57. The third kappa shape index (κ3) is 2.95. The lowest BCUT2D eigenvalue weighted by atomic mass is 10.1. The van der Waals surface area contributed by atoms with E-state index in [0.717, 1.165) is 11.3 Å². The molecule has 0 unspecified atom stereocenters. The Balaban J connectivity index is 2.15. The maximum atomic E-state index is 11.3. The molecule has 0 radical (unpaired) electrons. The van der Waals surface area contributed by atoms with E-state index in [9.17, 15) is 4.79 Å². The second kappa shape index (κ2) is 5.32. The topological polar surface area (TPSA) is 54.3 Å². The predicted molar refractivity (Wildman–Crippen MR) is 64.7 cm³/mol. The van der Waals surface area contributed by atoms with Crippen molar-refractivity contribution >= 4 is 5.91 Å². The van der Waals surface area contributed by atoms with Crippen molar-refractivity contribution < 1.29 is 9.90 Å². The molecule has 88 valence electrons. The van der Waals surface area contributed by atoms with E-state index in [-0.39, 0.29) is 19.1 Å². The van der Waals surface area contributed by atoms with Crippen LogP contribution in [-0.4, -0.2) is 22.3 Å². The first-order chi connectivity index (χ1) is 8.29. The molecule has 1 aromatic carbocycles. The van der Waals surface area contributed by atoms with Gasteiger partial charge in [-0.05, 0) is 29.8 Å². The summed E-state index contributed by atoms with van der Waals surface area (Å²) in [6, 6.07) is 11.6. The molecule has 0 fully saturated rings. The minimum Gasteiger partial charge on any atom is -0.377 e. The molecule has 2 N–H and O–H groups in total. The summed E-state index contributed by atoms with van der Waals surface area (Å²) in [4.78, 5) is 11.3. The van der Waals surface area contributed by atoms with Crippen molar-refractivity contribution in [2.45, 2.75) is 6.42 Å². The minimum absolute atomic E-state index is 0.183. The molecule has 2 aromatic rings. The van der Waals surface area contributed by atoms with Crippen LogP contribution in [0.5, 0.6) is 0 Å². The van der Waals surface area contributed by atoms with E-state index >= 15 is 0 Å². The Morgan fingerprint density at radius 3 is 2.71 bits per heavy atom. The summed E-state index contributed by atoms with van der Waals surface area (Å²) < 4.78 is 1.98. The molecule has 4 nitrogen and oxygen atoms in total. The monoisotopic (exact) mass is 230 g/mol. The zero-order valence-electron chi connectivity index (χ0n) is 9.34. The highest BCUT2D eigenvalue weighted by atomic mass is 16.3. The number of aromatic nitrogens is 1. The van der Waals surface area contributed by atoms with Crippen LogP contribution in [0.1, 0.15) is 5.56 Å². The fourth-order valence-electron chi connectivity index (χ4n) is 1.67.